The van der Waals surface area contributed by atoms with Gasteiger partial charge >= 0.3 is 5.97 Å². The van der Waals surface area contributed by atoms with Crippen LogP contribution < -0.4 is 0 Å². The number of carbonyl (C=O) groups is 1. The zero-order valence-electron chi connectivity index (χ0n) is 10.9. The number of nitrogens with zero attached hydrogens (tertiary/aromatic N) is 1. The van der Waals surface area contributed by atoms with Crippen LogP contribution in [0.4, 0.5) is 0 Å². The second kappa shape index (κ2) is 5.78. The van der Waals surface area contributed by atoms with Gasteiger partial charge in [0.05, 0.1) is 20.3 Å². The molecule has 110 valence electrons. The van der Waals surface area contributed by atoms with Crippen molar-refractivity contribution in [3.63, 3.8) is 0 Å². The molecular formula is C12H15NO6S. The van der Waals surface area contributed by atoms with Gasteiger partial charge < -0.3 is 14.6 Å². The topological polar surface area (TPSA) is 93.1 Å². The highest BCUT2D eigenvalue weighted by Gasteiger charge is 2.35. The van der Waals surface area contributed by atoms with Gasteiger partial charge in [-0.05, 0) is 12.1 Å². The summed E-state index contributed by atoms with van der Waals surface area (Å²) in [6, 6.07) is 5.66. The first-order valence-corrected chi connectivity index (χ1v) is 7.38. The van der Waals surface area contributed by atoms with Gasteiger partial charge in [0.2, 0.25) is 10.0 Å². The van der Waals surface area contributed by atoms with Crippen molar-refractivity contribution in [3.05, 3.63) is 24.3 Å². The fourth-order valence-electron chi connectivity index (χ4n) is 1.93. The molecule has 1 atom stereocenters. The fraction of sp³-hybridized carbons (Fsp3) is 0.417. The van der Waals surface area contributed by atoms with Crippen molar-refractivity contribution in [2.45, 2.75) is 11.0 Å². The molecule has 0 saturated carbocycles. The van der Waals surface area contributed by atoms with E-state index < -0.39 is 22.1 Å². The molecule has 1 fully saturated rings. The number of phenols is 1. The number of phenolic OH excluding ortho intramolecular Hbond substituents is 1. The van der Waals surface area contributed by atoms with Crippen LogP contribution in [0.15, 0.2) is 29.2 Å². The van der Waals surface area contributed by atoms with E-state index in [1.54, 1.807) is 0 Å². The molecular weight excluding hydrogens is 286 g/mol. The van der Waals surface area contributed by atoms with Crippen molar-refractivity contribution in [3.8, 4) is 5.75 Å². The number of carbonyl (C=O) groups excluding carboxylic acids is 1. The Hall–Kier alpha value is -1.64. The van der Waals surface area contributed by atoms with Crippen molar-refractivity contribution in [1.29, 1.82) is 0 Å². The number of morpholine rings is 1. The number of methoxy groups -OCH3 is 1. The highest BCUT2D eigenvalue weighted by molar-refractivity contribution is 7.89. The van der Waals surface area contributed by atoms with E-state index in [1.165, 1.54) is 31.4 Å². The molecule has 20 heavy (non-hydrogen) atoms. The summed E-state index contributed by atoms with van der Waals surface area (Å²) in [6.07, 6.45) is -0.950. The highest BCUT2D eigenvalue weighted by atomic mass is 32.2. The average Bonchev–Trinajstić information content (AvgIpc) is 2.47. The van der Waals surface area contributed by atoms with Gasteiger partial charge in [0, 0.05) is 6.54 Å². The Kier molecular flexibility index (Phi) is 4.26. The molecule has 0 bridgehead atoms. The number of hydrogen-bond donors (Lipinski definition) is 1. The highest BCUT2D eigenvalue weighted by Crippen LogP contribution is 2.26. The van der Waals surface area contributed by atoms with Gasteiger partial charge in [0.15, 0.2) is 6.10 Å². The summed E-state index contributed by atoms with van der Waals surface area (Å²) in [4.78, 5) is 11.2. The average molecular weight is 301 g/mol. The second-order valence-corrected chi connectivity index (χ2v) is 6.12. The third-order valence-corrected chi connectivity index (χ3v) is 4.89. The first-order valence-electron chi connectivity index (χ1n) is 5.94. The summed E-state index contributed by atoms with van der Waals surface area (Å²) in [5, 5.41) is 9.67. The molecule has 0 radical (unpaired) electrons. The summed E-state index contributed by atoms with van der Waals surface area (Å²) in [5.74, 6) is -0.948. The molecule has 7 nitrogen and oxygen atoms in total. The van der Waals surface area contributed by atoms with Gasteiger partial charge in [-0.15, -0.1) is 0 Å². The quantitative estimate of drug-likeness (QED) is 0.787. The van der Waals surface area contributed by atoms with E-state index in [4.69, 9.17) is 4.74 Å². The predicted molar refractivity (Wildman–Crippen MR) is 68.6 cm³/mol. The van der Waals surface area contributed by atoms with Crippen LogP contribution in [0, 0.1) is 0 Å². The molecule has 0 aromatic heterocycles. The molecule has 2 rings (SSSR count). The summed E-state index contributed by atoms with van der Waals surface area (Å²) < 4.78 is 35.7. The molecule has 1 unspecified atom stereocenters. The number of esters is 1. The Morgan fingerprint density at radius 1 is 1.45 bits per heavy atom. The van der Waals surface area contributed by atoms with E-state index >= 15 is 0 Å². The van der Waals surface area contributed by atoms with Crippen molar-refractivity contribution in [2.24, 2.45) is 0 Å². The lowest BCUT2D eigenvalue weighted by molar-refractivity contribution is -0.157. The van der Waals surface area contributed by atoms with Crippen molar-refractivity contribution >= 4 is 16.0 Å². The summed E-state index contributed by atoms with van der Waals surface area (Å²) in [5.41, 5.74) is 0. The van der Waals surface area contributed by atoms with E-state index in [-0.39, 0.29) is 30.3 Å². The number of para-hydroxylation sites is 1. The van der Waals surface area contributed by atoms with Gasteiger partial charge in [-0.3, -0.25) is 0 Å². The minimum Gasteiger partial charge on any atom is -0.507 e. The summed E-state index contributed by atoms with van der Waals surface area (Å²) in [6.45, 7) is 0.0695. The molecule has 1 N–H and O–H groups in total. The molecule has 0 spiro atoms. The van der Waals surface area contributed by atoms with E-state index in [2.05, 4.69) is 4.74 Å². The molecule has 1 saturated heterocycles. The van der Waals surface area contributed by atoms with Crippen LogP contribution in [0.2, 0.25) is 0 Å². The van der Waals surface area contributed by atoms with Gasteiger partial charge in [0.25, 0.3) is 0 Å². The molecule has 0 aliphatic carbocycles. The van der Waals surface area contributed by atoms with Crippen LogP contribution in [0.3, 0.4) is 0 Å². The summed E-state index contributed by atoms with van der Waals surface area (Å²) >= 11 is 0. The van der Waals surface area contributed by atoms with Gasteiger partial charge in [-0.2, -0.15) is 4.31 Å². The minimum absolute atomic E-state index is 0.0899. The normalized spacial score (nSPS) is 20.6. The Balaban J connectivity index is 2.26. The first-order chi connectivity index (χ1) is 9.46. The molecule has 0 amide bonds. The van der Waals surface area contributed by atoms with Crippen LogP contribution >= 0.6 is 0 Å². The van der Waals surface area contributed by atoms with E-state index in [0.717, 1.165) is 4.31 Å². The van der Waals surface area contributed by atoms with E-state index in [0.29, 0.717) is 0 Å². The molecule has 1 aromatic rings. The Labute approximate surface area is 116 Å². The predicted octanol–water partition coefficient (Wildman–Crippen LogP) is -0.0453. The maximum atomic E-state index is 12.4. The lowest BCUT2D eigenvalue weighted by atomic mass is 10.3. The minimum atomic E-state index is -3.87. The number of ether oxygens (including phenoxy) is 2. The molecule has 1 aliphatic heterocycles. The maximum Gasteiger partial charge on any atom is 0.336 e. The Bertz CT molecular complexity index is 600. The number of aromatic hydroxyl groups is 1. The van der Waals surface area contributed by atoms with Gasteiger partial charge in [-0.1, -0.05) is 12.1 Å². The van der Waals surface area contributed by atoms with Crippen LogP contribution in [0.5, 0.6) is 5.75 Å². The van der Waals surface area contributed by atoms with Gasteiger partial charge in [-0.25, -0.2) is 13.2 Å². The van der Waals surface area contributed by atoms with Crippen molar-refractivity contribution in [1.82, 2.24) is 4.31 Å². The first kappa shape index (κ1) is 14.8. The molecule has 1 aromatic carbocycles. The zero-order valence-corrected chi connectivity index (χ0v) is 11.7. The van der Waals surface area contributed by atoms with E-state index in [1.807, 2.05) is 0 Å². The van der Waals surface area contributed by atoms with Crippen LogP contribution in [0.1, 0.15) is 0 Å². The molecule has 1 heterocycles. The number of sulfonamides is 1. The van der Waals surface area contributed by atoms with Crippen molar-refractivity contribution in [2.75, 3.05) is 26.8 Å². The molecule has 1 aliphatic rings. The second-order valence-electron chi connectivity index (χ2n) is 4.21. The van der Waals surface area contributed by atoms with Crippen LogP contribution in [-0.2, 0) is 24.3 Å². The SMILES string of the molecule is COC(=O)C1CN(S(=O)(=O)c2ccccc2O)CCO1. The lowest BCUT2D eigenvalue weighted by Gasteiger charge is -2.30. The lowest BCUT2D eigenvalue weighted by Crippen LogP contribution is -2.48. The van der Waals surface area contributed by atoms with Crippen molar-refractivity contribution < 1.29 is 27.8 Å². The Morgan fingerprint density at radius 3 is 2.80 bits per heavy atom. The van der Waals surface area contributed by atoms with Crippen LogP contribution in [-0.4, -0.2) is 56.7 Å². The number of benzene rings is 1. The maximum absolute atomic E-state index is 12.4. The third-order valence-electron chi connectivity index (χ3n) is 2.98. The molecule has 8 heteroatoms. The fourth-order valence-corrected chi connectivity index (χ4v) is 3.44. The number of rotatable bonds is 3. The largest absolute Gasteiger partial charge is 0.507 e. The van der Waals surface area contributed by atoms with E-state index in [9.17, 15) is 18.3 Å². The monoisotopic (exact) mass is 301 g/mol. The Morgan fingerprint density at radius 2 is 2.15 bits per heavy atom. The smallest absolute Gasteiger partial charge is 0.336 e. The number of hydrogen-bond acceptors (Lipinski definition) is 6. The third kappa shape index (κ3) is 2.77. The zero-order chi connectivity index (χ0) is 14.8. The standard InChI is InChI=1S/C12H15NO6S/c1-18-12(15)10-8-13(6-7-19-10)20(16,17)11-5-3-2-4-9(11)14/h2-5,10,14H,6-8H2,1H3. The van der Waals surface area contributed by atoms with Crippen LogP contribution in [0.25, 0.3) is 0 Å². The van der Waals surface area contributed by atoms with Gasteiger partial charge in [0.1, 0.15) is 10.6 Å². The summed E-state index contributed by atoms with van der Waals surface area (Å²) in [7, 11) is -2.66.